The van der Waals surface area contributed by atoms with E-state index >= 15 is 0 Å². The fraction of sp³-hybridized carbons (Fsp3) is 0.375. The highest BCUT2D eigenvalue weighted by atomic mass is 35.5. The van der Waals surface area contributed by atoms with Crippen LogP contribution in [0.15, 0.2) is 30.3 Å². The first kappa shape index (κ1) is 20.6. The van der Waals surface area contributed by atoms with Crippen molar-refractivity contribution in [3.05, 3.63) is 41.6 Å². The Kier molecular flexibility index (Phi) is 9.02. The van der Waals surface area contributed by atoms with Gasteiger partial charge < -0.3 is 10.6 Å². The maximum Gasteiger partial charge on any atom is 0.225 e. The molecule has 2 rings (SSSR count). The van der Waals surface area contributed by atoms with Crippen molar-refractivity contribution in [2.45, 2.75) is 19.8 Å². The molecule has 0 spiro atoms. The minimum Gasteiger partial charge on any atom is -0.347 e. The fourth-order valence-electron chi connectivity index (χ4n) is 2.02. The van der Waals surface area contributed by atoms with Gasteiger partial charge in [0.05, 0.1) is 5.69 Å². The molecule has 0 aliphatic rings. The van der Waals surface area contributed by atoms with Crippen molar-refractivity contribution in [1.29, 1.82) is 0 Å². The van der Waals surface area contributed by atoms with E-state index < -0.39 is 0 Å². The van der Waals surface area contributed by atoms with E-state index in [9.17, 15) is 0 Å². The first-order valence-corrected chi connectivity index (χ1v) is 6.98. The number of aromatic nitrogens is 2. The molecule has 1 aromatic heterocycles. The summed E-state index contributed by atoms with van der Waals surface area (Å²) >= 11 is 0. The van der Waals surface area contributed by atoms with Gasteiger partial charge in [-0.1, -0.05) is 31.2 Å². The predicted molar refractivity (Wildman–Crippen MR) is 98.4 cm³/mol. The van der Waals surface area contributed by atoms with Crippen molar-refractivity contribution in [2.24, 2.45) is 5.73 Å². The second-order valence-electron chi connectivity index (χ2n) is 5.03. The molecule has 0 saturated carbocycles. The number of hydrogen-bond donors (Lipinski definition) is 1. The zero-order chi connectivity index (χ0) is 14.5. The Balaban J connectivity index is 0.00000220. The van der Waals surface area contributed by atoms with E-state index in [1.54, 1.807) is 0 Å². The summed E-state index contributed by atoms with van der Waals surface area (Å²) in [7, 11) is 3.92. The first-order chi connectivity index (χ1) is 9.63. The summed E-state index contributed by atoms with van der Waals surface area (Å²) < 4.78 is 0. The van der Waals surface area contributed by atoms with Crippen LogP contribution < -0.4 is 10.6 Å². The number of hydrogen-bond acceptors (Lipinski definition) is 4. The molecular weight excluding hydrogens is 319 g/mol. The smallest absolute Gasteiger partial charge is 0.225 e. The molecule has 0 atom stereocenters. The first-order valence-electron chi connectivity index (χ1n) is 6.98. The number of nitrogens with zero attached hydrogens (tertiary/aromatic N) is 3. The molecule has 1 aromatic carbocycles. The molecule has 0 fully saturated rings. The molecule has 0 aliphatic heterocycles. The van der Waals surface area contributed by atoms with Gasteiger partial charge in [0.2, 0.25) is 5.95 Å². The van der Waals surface area contributed by atoms with Gasteiger partial charge in [0, 0.05) is 25.4 Å². The van der Waals surface area contributed by atoms with Crippen LogP contribution in [0.3, 0.4) is 0 Å². The van der Waals surface area contributed by atoms with Crippen molar-refractivity contribution in [1.82, 2.24) is 9.97 Å². The quantitative estimate of drug-likeness (QED) is 0.906. The van der Waals surface area contributed by atoms with Gasteiger partial charge in [0.15, 0.2) is 0 Å². The Morgan fingerprint density at radius 2 is 1.68 bits per heavy atom. The van der Waals surface area contributed by atoms with Gasteiger partial charge in [-0.05, 0) is 31.0 Å². The number of halogens is 2. The van der Waals surface area contributed by atoms with Crippen LogP contribution in [0, 0.1) is 0 Å². The molecule has 6 heteroatoms. The topological polar surface area (TPSA) is 55.0 Å². The highest BCUT2D eigenvalue weighted by Crippen LogP contribution is 2.21. The van der Waals surface area contributed by atoms with Crippen molar-refractivity contribution in [2.75, 3.05) is 25.5 Å². The number of anilines is 1. The molecule has 1 heterocycles. The Labute approximate surface area is 145 Å². The lowest BCUT2D eigenvalue weighted by Crippen LogP contribution is -2.14. The van der Waals surface area contributed by atoms with Crippen LogP contribution in [-0.4, -0.2) is 30.6 Å². The molecule has 0 unspecified atom stereocenters. The van der Waals surface area contributed by atoms with E-state index in [2.05, 4.69) is 47.2 Å². The van der Waals surface area contributed by atoms with Crippen LogP contribution in [-0.2, 0) is 12.8 Å². The molecule has 0 amide bonds. The SMILES string of the molecule is CCc1cc(-c2ccc(CCN)cc2)nc(N(C)C)n1.Cl.Cl. The summed E-state index contributed by atoms with van der Waals surface area (Å²) in [4.78, 5) is 11.1. The maximum atomic E-state index is 5.57. The molecule has 0 saturated heterocycles. The molecule has 2 aromatic rings. The zero-order valence-corrected chi connectivity index (χ0v) is 14.9. The van der Waals surface area contributed by atoms with Gasteiger partial charge >= 0.3 is 0 Å². The summed E-state index contributed by atoms with van der Waals surface area (Å²) in [6, 6.07) is 10.5. The van der Waals surface area contributed by atoms with Crippen molar-refractivity contribution in [3.63, 3.8) is 0 Å². The van der Waals surface area contributed by atoms with Crippen LogP contribution in [0.5, 0.6) is 0 Å². The van der Waals surface area contributed by atoms with E-state index in [1.165, 1.54) is 5.56 Å². The second kappa shape index (κ2) is 9.62. The van der Waals surface area contributed by atoms with Crippen LogP contribution in [0.2, 0.25) is 0 Å². The summed E-state index contributed by atoms with van der Waals surface area (Å²) in [5.41, 5.74) is 9.98. The van der Waals surface area contributed by atoms with Crippen molar-refractivity contribution < 1.29 is 0 Å². The molecule has 22 heavy (non-hydrogen) atoms. The lowest BCUT2D eigenvalue weighted by Gasteiger charge is -2.13. The normalized spacial score (nSPS) is 9.64. The molecule has 0 aliphatic carbocycles. The Morgan fingerprint density at radius 1 is 1.05 bits per heavy atom. The Hall–Kier alpha value is -1.36. The summed E-state index contributed by atoms with van der Waals surface area (Å²) in [6.07, 6.45) is 1.81. The molecular formula is C16H24Cl2N4. The summed E-state index contributed by atoms with van der Waals surface area (Å²) in [5, 5.41) is 0. The van der Waals surface area contributed by atoms with E-state index in [4.69, 9.17) is 5.73 Å². The number of nitrogens with two attached hydrogens (primary N) is 1. The second-order valence-corrected chi connectivity index (χ2v) is 5.03. The number of benzene rings is 1. The van der Waals surface area contributed by atoms with Gasteiger partial charge in [-0.25, -0.2) is 9.97 Å². The standard InChI is InChI=1S/C16H22N4.2ClH/c1-4-14-11-15(19-16(18-14)20(2)3)13-7-5-12(6-8-13)9-10-17;;/h5-8,11H,4,9-10,17H2,1-3H3;2*1H. The lowest BCUT2D eigenvalue weighted by molar-refractivity contribution is 0.942. The minimum atomic E-state index is 0. The number of rotatable bonds is 5. The highest BCUT2D eigenvalue weighted by molar-refractivity contribution is 5.85. The summed E-state index contributed by atoms with van der Waals surface area (Å²) in [6.45, 7) is 2.79. The van der Waals surface area contributed by atoms with Crippen LogP contribution in [0.4, 0.5) is 5.95 Å². The van der Waals surface area contributed by atoms with E-state index in [0.29, 0.717) is 6.54 Å². The Bertz CT molecular complexity index is 571. The van der Waals surface area contributed by atoms with E-state index in [-0.39, 0.29) is 24.8 Å². The van der Waals surface area contributed by atoms with Gasteiger partial charge in [-0.2, -0.15) is 0 Å². The van der Waals surface area contributed by atoms with Gasteiger partial charge in [-0.15, -0.1) is 24.8 Å². The van der Waals surface area contributed by atoms with Gasteiger partial charge in [0.1, 0.15) is 0 Å². The third-order valence-corrected chi connectivity index (χ3v) is 3.21. The van der Waals surface area contributed by atoms with Crippen LogP contribution >= 0.6 is 24.8 Å². The molecule has 0 radical (unpaired) electrons. The lowest BCUT2D eigenvalue weighted by atomic mass is 10.1. The molecule has 2 N–H and O–H groups in total. The zero-order valence-electron chi connectivity index (χ0n) is 13.2. The van der Waals surface area contributed by atoms with Crippen LogP contribution in [0.1, 0.15) is 18.2 Å². The Morgan fingerprint density at radius 3 is 2.18 bits per heavy atom. The summed E-state index contributed by atoms with van der Waals surface area (Å²) in [5.74, 6) is 0.755. The predicted octanol–water partition coefficient (Wildman–Crippen LogP) is 3.12. The fourth-order valence-corrected chi connectivity index (χ4v) is 2.02. The number of aryl methyl sites for hydroxylation is 1. The van der Waals surface area contributed by atoms with E-state index in [0.717, 1.165) is 35.7 Å². The third kappa shape index (κ3) is 5.13. The minimum absolute atomic E-state index is 0. The van der Waals surface area contributed by atoms with Crippen molar-refractivity contribution >= 4 is 30.8 Å². The molecule has 0 bridgehead atoms. The average Bonchev–Trinajstić information content (AvgIpc) is 2.47. The van der Waals surface area contributed by atoms with Gasteiger partial charge in [-0.3, -0.25) is 0 Å². The largest absolute Gasteiger partial charge is 0.347 e. The molecule has 4 nitrogen and oxygen atoms in total. The highest BCUT2D eigenvalue weighted by Gasteiger charge is 2.07. The van der Waals surface area contributed by atoms with Crippen molar-refractivity contribution in [3.8, 4) is 11.3 Å². The third-order valence-electron chi connectivity index (χ3n) is 3.21. The average molecular weight is 343 g/mol. The van der Waals surface area contributed by atoms with E-state index in [1.807, 2.05) is 19.0 Å². The van der Waals surface area contributed by atoms with Gasteiger partial charge in [0.25, 0.3) is 0 Å². The maximum absolute atomic E-state index is 5.57. The van der Waals surface area contributed by atoms with Crippen LogP contribution in [0.25, 0.3) is 11.3 Å². The monoisotopic (exact) mass is 342 g/mol. The molecule has 122 valence electrons.